The predicted molar refractivity (Wildman–Crippen MR) is 123 cm³/mol. The second-order valence-corrected chi connectivity index (χ2v) is 7.74. The second kappa shape index (κ2) is 10.7. The molecule has 11 nitrogen and oxygen atoms in total. The third-order valence-corrected chi connectivity index (χ3v) is 5.44. The number of nitro groups is 1. The molecule has 2 heterocycles. The Morgan fingerprint density at radius 1 is 1.18 bits per heavy atom. The number of H-pyrrole nitrogens is 1. The van der Waals surface area contributed by atoms with Gasteiger partial charge in [0.15, 0.2) is 17.3 Å². The number of aliphatic hydroxyl groups is 1. The Morgan fingerprint density at radius 2 is 1.97 bits per heavy atom. The van der Waals surface area contributed by atoms with Crippen molar-refractivity contribution >= 4 is 5.82 Å². The van der Waals surface area contributed by atoms with Crippen molar-refractivity contribution in [3.05, 3.63) is 81.3 Å². The van der Waals surface area contributed by atoms with Crippen LogP contribution in [0.2, 0.25) is 0 Å². The first-order valence-electron chi connectivity index (χ1n) is 11.0. The molecule has 0 radical (unpaired) electrons. The zero-order chi connectivity index (χ0) is 23.9. The van der Waals surface area contributed by atoms with Gasteiger partial charge in [0, 0.05) is 17.5 Å². The molecule has 176 valence electrons. The van der Waals surface area contributed by atoms with Crippen LogP contribution < -0.4 is 4.74 Å². The SMILES string of the molecule is CCCCc1nc(CO)c([N+](=O)[O-])n1Cc1ccc(OCc2ccccc2-c2nnn[nH]2)cc1. The summed E-state index contributed by atoms with van der Waals surface area (Å²) in [6.07, 6.45) is 2.41. The molecule has 0 saturated heterocycles. The Kier molecular flexibility index (Phi) is 7.23. The molecule has 0 spiro atoms. The van der Waals surface area contributed by atoms with Gasteiger partial charge < -0.3 is 20.0 Å². The molecule has 0 atom stereocenters. The number of benzene rings is 2. The highest BCUT2D eigenvalue weighted by molar-refractivity contribution is 5.59. The highest BCUT2D eigenvalue weighted by Crippen LogP contribution is 2.25. The summed E-state index contributed by atoms with van der Waals surface area (Å²) in [5.41, 5.74) is 2.74. The quantitative estimate of drug-likeness (QED) is 0.254. The Balaban J connectivity index is 1.49. The van der Waals surface area contributed by atoms with Crippen molar-refractivity contribution in [1.82, 2.24) is 30.2 Å². The van der Waals surface area contributed by atoms with Gasteiger partial charge in [-0.1, -0.05) is 49.7 Å². The van der Waals surface area contributed by atoms with Crippen molar-refractivity contribution in [3.8, 4) is 17.1 Å². The maximum absolute atomic E-state index is 11.7. The molecular formula is C23H25N7O4. The first kappa shape index (κ1) is 23.1. The number of imidazole rings is 1. The number of nitrogens with zero attached hydrogens (tertiary/aromatic N) is 6. The van der Waals surface area contributed by atoms with Crippen LogP contribution in [-0.2, 0) is 26.2 Å². The molecule has 0 unspecified atom stereocenters. The third kappa shape index (κ3) is 5.09. The molecule has 0 aliphatic heterocycles. The van der Waals surface area contributed by atoms with Crippen LogP contribution in [0.4, 0.5) is 5.82 Å². The molecule has 2 N–H and O–H groups in total. The molecular weight excluding hydrogens is 438 g/mol. The summed E-state index contributed by atoms with van der Waals surface area (Å²) in [5.74, 6) is 1.68. The maximum Gasteiger partial charge on any atom is 0.348 e. The van der Waals surface area contributed by atoms with Gasteiger partial charge in [-0.3, -0.25) is 0 Å². The van der Waals surface area contributed by atoms with E-state index in [1.807, 2.05) is 55.5 Å². The summed E-state index contributed by atoms with van der Waals surface area (Å²) >= 11 is 0. The van der Waals surface area contributed by atoms with E-state index < -0.39 is 11.5 Å². The van der Waals surface area contributed by atoms with Crippen LogP contribution in [0.3, 0.4) is 0 Å². The van der Waals surface area contributed by atoms with Crippen LogP contribution in [0.15, 0.2) is 48.5 Å². The van der Waals surface area contributed by atoms with Gasteiger partial charge in [0.05, 0.1) is 6.61 Å². The van der Waals surface area contributed by atoms with Crippen LogP contribution in [0, 0.1) is 10.1 Å². The van der Waals surface area contributed by atoms with E-state index in [9.17, 15) is 15.2 Å². The van der Waals surface area contributed by atoms with E-state index >= 15 is 0 Å². The van der Waals surface area contributed by atoms with Gasteiger partial charge in [-0.25, -0.2) is 14.6 Å². The van der Waals surface area contributed by atoms with Gasteiger partial charge >= 0.3 is 5.82 Å². The lowest BCUT2D eigenvalue weighted by Gasteiger charge is -2.10. The minimum absolute atomic E-state index is 0.0941. The highest BCUT2D eigenvalue weighted by atomic mass is 16.6. The molecule has 11 heteroatoms. The number of rotatable bonds is 11. The Labute approximate surface area is 195 Å². The first-order valence-corrected chi connectivity index (χ1v) is 11.0. The normalized spacial score (nSPS) is 11.0. The van der Waals surface area contributed by atoms with Gasteiger partial charge in [0.1, 0.15) is 18.9 Å². The fourth-order valence-corrected chi connectivity index (χ4v) is 3.73. The van der Waals surface area contributed by atoms with E-state index in [2.05, 4.69) is 25.6 Å². The third-order valence-electron chi connectivity index (χ3n) is 5.44. The predicted octanol–water partition coefficient (Wildman–Crippen LogP) is 3.43. The molecule has 0 bridgehead atoms. The number of ether oxygens (including phenoxy) is 1. The average molecular weight is 463 g/mol. The van der Waals surface area contributed by atoms with E-state index in [0.717, 1.165) is 29.5 Å². The number of aromatic nitrogens is 6. The smallest absolute Gasteiger partial charge is 0.348 e. The number of aliphatic hydroxyl groups excluding tert-OH is 1. The summed E-state index contributed by atoms with van der Waals surface area (Å²) in [5, 5.41) is 35.2. The molecule has 0 aliphatic rings. The Hall–Kier alpha value is -4.12. The van der Waals surface area contributed by atoms with E-state index in [-0.39, 0.29) is 18.1 Å². The van der Waals surface area contributed by atoms with Gasteiger partial charge in [0.2, 0.25) is 0 Å². The molecule has 2 aromatic carbocycles. The number of aromatic amines is 1. The lowest BCUT2D eigenvalue weighted by Crippen LogP contribution is -2.09. The summed E-state index contributed by atoms with van der Waals surface area (Å²) in [6.45, 7) is 2.18. The summed E-state index contributed by atoms with van der Waals surface area (Å²) in [6, 6.07) is 15.1. The van der Waals surface area contributed by atoms with E-state index in [1.54, 1.807) is 4.57 Å². The average Bonchev–Trinajstić information content (AvgIpc) is 3.51. The number of nitrogens with one attached hydrogen (secondary N) is 1. The van der Waals surface area contributed by atoms with Crippen molar-refractivity contribution in [2.75, 3.05) is 0 Å². The number of hydrogen-bond acceptors (Lipinski definition) is 8. The van der Waals surface area contributed by atoms with Crippen molar-refractivity contribution in [2.45, 2.75) is 45.9 Å². The lowest BCUT2D eigenvalue weighted by atomic mass is 10.1. The standard InChI is InChI=1S/C23H25N7O4/c1-2-3-8-21-24-20(14-31)23(30(32)33)29(21)13-16-9-11-18(12-10-16)34-15-17-6-4-5-7-19(17)22-25-27-28-26-22/h4-7,9-12,31H,2-3,8,13-15H2,1H3,(H,25,26,27,28). The topological polar surface area (TPSA) is 145 Å². The lowest BCUT2D eigenvalue weighted by molar-refractivity contribution is -0.393. The highest BCUT2D eigenvalue weighted by Gasteiger charge is 2.26. The zero-order valence-corrected chi connectivity index (χ0v) is 18.7. The van der Waals surface area contributed by atoms with Crippen molar-refractivity contribution in [3.63, 3.8) is 0 Å². The molecule has 0 amide bonds. The van der Waals surface area contributed by atoms with Gasteiger partial charge in [-0.2, -0.15) is 0 Å². The van der Waals surface area contributed by atoms with E-state index in [4.69, 9.17) is 4.74 Å². The van der Waals surface area contributed by atoms with Crippen LogP contribution in [0.1, 0.15) is 42.4 Å². The second-order valence-electron chi connectivity index (χ2n) is 7.74. The van der Waals surface area contributed by atoms with Crippen LogP contribution in [-0.4, -0.2) is 40.2 Å². The van der Waals surface area contributed by atoms with E-state index in [1.165, 1.54) is 0 Å². The van der Waals surface area contributed by atoms with Crippen molar-refractivity contribution in [1.29, 1.82) is 0 Å². The number of aryl methyl sites for hydroxylation is 1. The fraction of sp³-hybridized carbons (Fsp3) is 0.304. The molecule has 4 rings (SSSR count). The van der Waals surface area contributed by atoms with Gasteiger partial charge in [-0.15, -0.1) is 5.10 Å². The van der Waals surface area contributed by atoms with Crippen molar-refractivity contribution in [2.24, 2.45) is 0 Å². The van der Waals surface area contributed by atoms with Crippen molar-refractivity contribution < 1.29 is 14.8 Å². The molecule has 2 aromatic heterocycles. The Bertz CT molecular complexity index is 1240. The van der Waals surface area contributed by atoms with Gasteiger partial charge in [0.25, 0.3) is 0 Å². The van der Waals surface area contributed by atoms with Crippen LogP contribution >= 0.6 is 0 Å². The fourth-order valence-electron chi connectivity index (χ4n) is 3.73. The molecule has 0 fully saturated rings. The summed E-state index contributed by atoms with van der Waals surface area (Å²) in [4.78, 5) is 15.5. The minimum Gasteiger partial charge on any atom is -0.489 e. The van der Waals surface area contributed by atoms with Gasteiger partial charge in [-0.05, 0) is 39.5 Å². The summed E-state index contributed by atoms with van der Waals surface area (Å²) in [7, 11) is 0. The van der Waals surface area contributed by atoms with Crippen LogP contribution in [0.25, 0.3) is 11.4 Å². The minimum atomic E-state index is -0.479. The molecule has 4 aromatic rings. The summed E-state index contributed by atoms with van der Waals surface area (Å²) < 4.78 is 7.54. The number of hydrogen-bond donors (Lipinski definition) is 2. The molecule has 0 saturated carbocycles. The molecule has 34 heavy (non-hydrogen) atoms. The number of unbranched alkanes of at least 4 members (excludes halogenated alkanes) is 1. The monoisotopic (exact) mass is 463 g/mol. The van der Waals surface area contributed by atoms with Crippen LogP contribution in [0.5, 0.6) is 5.75 Å². The largest absolute Gasteiger partial charge is 0.489 e. The zero-order valence-electron chi connectivity index (χ0n) is 18.7. The first-order chi connectivity index (χ1) is 16.6. The molecule has 0 aliphatic carbocycles. The van der Waals surface area contributed by atoms with E-state index in [0.29, 0.717) is 30.4 Å². The Morgan fingerprint density at radius 3 is 2.65 bits per heavy atom. The maximum atomic E-state index is 11.7. The number of tetrazole rings is 1.